The second-order valence-electron chi connectivity index (χ2n) is 8.53. The molecule has 4 atom stereocenters. The number of nitrogens with two attached hydrogens (primary N) is 2. The maximum absolute atomic E-state index is 12.5. The zero-order valence-electron chi connectivity index (χ0n) is 18.4. The Morgan fingerprint density at radius 2 is 2.07 bits per heavy atom. The number of amides is 1. The maximum Gasteiger partial charge on any atom is 0.323 e. The number of ether oxygens (including phenoxy) is 1. The molecule has 10 heteroatoms. The number of nitrogens with one attached hydrogen (secondary N) is 3. The molecule has 2 fully saturated rings. The molecule has 0 spiro atoms. The molecule has 1 amide bonds. The summed E-state index contributed by atoms with van der Waals surface area (Å²) in [7, 11) is 3.50. The van der Waals surface area contributed by atoms with Gasteiger partial charge in [0.2, 0.25) is 5.91 Å². The molecule has 0 aromatic heterocycles. The number of hydrogen-bond donors (Lipinski definition) is 5. The van der Waals surface area contributed by atoms with Gasteiger partial charge in [0.15, 0.2) is 0 Å². The lowest BCUT2D eigenvalue weighted by atomic mass is 9.69. The van der Waals surface area contributed by atoms with Crippen molar-refractivity contribution in [3.8, 4) is 0 Å². The van der Waals surface area contributed by atoms with Gasteiger partial charge in [0.05, 0.1) is 13.2 Å². The van der Waals surface area contributed by atoms with Gasteiger partial charge in [-0.3, -0.25) is 9.59 Å². The van der Waals surface area contributed by atoms with Crippen LogP contribution < -0.4 is 27.7 Å². The number of nitrogens with zero attached hydrogens (tertiary/aromatic N) is 2. The molecule has 0 aromatic carbocycles. The van der Waals surface area contributed by atoms with Crippen molar-refractivity contribution >= 4 is 17.7 Å². The molecule has 1 aliphatic carbocycles. The molecule has 4 unspecified atom stereocenters. The van der Waals surface area contributed by atoms with Crippen LogP contribution in [0.5, 0.6) is 0 Å². The van der Waals surface area contributed by atoms with Crippen LogP contribution in [0.4, 0.5) is 0 Å². The van der Waals surface area contributed by atoms with Crippen LogP contribution in [0.3, 0.4) is 0 Å². The second-order valence-corrected chi connectivity index (χ2v) is 8.53. The van der Waals surface area contributed by atoms with E-state index in [9.17, 15) is 9.59 Å². The summed E-state index contributed by atoms with van der Waals surface area (Å²) in [5, 5.41) is 10.0. The number of fused-ring (bicyclic) bond motifs is 1. The van der Waals surface area contributed by atoms with Gasteiger partial charge in [-0.2, -0.15) is 5.10 Å². The number of carbonyl (C=O) groups is 2. The largest absolute Gasteiger partial charge is 0.464 e. The number of hydrazone groups is 1. The molecular weight excluding hydrogens is 386 g/mol. The van der Waals surface area contributed by atoms with E-state index < -0.39 is 0 Å². The lowest BCUT2D eigenvalue weighted by Gasteiger charge is -2.42. The Bertz CT molecular complexity index is 587. The third kappa shape index (κ3) is 7.73. The second kappa shape index (κ2) is 12.7. The third-order valence-electron chi connectivity index (χ3n) is 6.35. The van der Waals surface area contributed by atoms with E-state index in [-0.39, 0.29) is 17.9 Å². The van der Waals surface area contributed by atoms with Gasteiger partial charge in [0, 0.05) is 20.0 Å². The summed E-state index contributed by atoms with van der Waals surface area (Å²) in [4.78, 5) is 25.9. The van der Waals surface area contributed by atoms with Gasteiger partial charge >= 0.3 is 5.97 Å². The first-order valence-corrected chi connectivity index (χ1v) is 11.0. The van der Waals surface area contributed by atoms with Crippen LogP contribution in [0.15, 0.2) is 5.10 Å². The molecule has 1 heterocycles. The van der Waals surface area contributed by atoms with E-state index in [0.29, 0.717) is 49.7 Å². The molecule has 1 saturated heterocycles. The van der Waals surface area contributed by atoms with Gasteiger partial charge in [-0.05, 0) is 63.5 Å². The Kier molecular flexibility index (Phi) is 10.3. The molecule has 0 aromatic rings. The number of hydrogen-bond acceptors (Lipinski definition) is 8. The van der Waals surface area contributed by atoms with Crippen LogP contribution in [0.25, 0.3) is 0 Å². The van der Waals surface area contributed by atoms with Gasteiger partial charge in [0.25, 0.3) is 0 Å². The zero-order valence-corrected chi connectivity index (χ0v) is 18.4. The lowest BCUT2D eigenvalue weighted by Crippen LogP contribution is -2.50. The minimum absolute atomic E-state index is 0.0305. The van der Waals surface area contributed by atoms with Gasteiger partial charge in [-0.1, -0.05) is 6.42 Å². The Hall–Kier alpha value is -1.91. The van der Waals surface area contributed by atoms with E-state index in [1.807, 2.05) is 0 Å². The van der Waals surface area contributed by atoms with Crippen LogP contribution in [0.1, 0.15) is 44.9 Å². The smallest absolute Gasteiger partial charge is 0.323 e. The van der Waals surface area contributed by atoms with E-state index >= 15 is 0 Å². The summed E-state index contributed by atoms with van der Waals surface area (Å²) in [5.41, 5.74) is 8.05. The topological polar surface area (TPSA) is 147 Å². The average Bonchev–Trinajstić information content (AvgIpc) is 2.74. The molecule has 30 heavy (non-hydrogen) atoms. The number of amidine groups is 1. The molecule has 2 rings (SSSR count). The van der Waals surface area contributed by atoms with Crippen LogP contribution in [0.2, 0.25) is 0 Å². The first-order valence-electron chi connectivity index (χ1n) is 11.0. The highest BCUT2D eigenvalue weighted by Gasteiger charge is 2.38. The number of piperidine rings is 1. The number of hydrazine groups is 1. The summed E-state index contributed by atoms with van der Waals surface area (Å²) in [5.74, 6) is 7.33. The third-order valence-corrected chi connectivity index (χ3v) is 6.35. The summed E-state index contributed by atoms with van der Waals surface area (Å²) in [6.45, 7) is 2.09. The van der Waals surface area contributed by atoms with Gasteiger partial charge < -0.3 is 26.0 Å². The molecule has 10 nitrogen and oxygen atoms in total. The molecule has 172 valence electrons. The maximum atomic E-state index is 12.5. The molecule has 0 radical (unpaired) electrons. The Morgan fingerprint density at radius 1 is 1.27 bits per heavy atom. The van der Waals surface area contributed by atoms with E-state index in [1.54, 1.807) is 19.0 Å². The molecule has 1 aliphatic heterocycles. The minimum atomic E-state index is -0.235. The summed E-state index contributed by atoms with van der Waals surface area (Å²) >= 11 is 0. The molecule has 2 aliphatic rings. The first-order chi connectivity index (χ1) is 14.4. The molecular formula is C20H39N7O3. The molecule has 1 saturated carbocycles. The minimum Gasteiger partial charge on any atom is -0.464 e. The predicted octanol–water partition coefficient (Wildman–Crippen LogP) is -0.492. The lowest BCUT2D eigenvalue weighted by molar-refractivity contribution is -0.148. The number of esters is 1. The van der Waals surface area contributed by atoms with Crippen LogP contribution in [-0.2, 0) is 14.3 Å². The summed E-state index contributed by atoms with van der Waals surface area (Å²) in [6.07, 6.45) is 6.71. The van der Waals surface area contributed by atoms with E-state index in [0.717, 1.165) is 32.2 Å². The monoisotopic (exact) mass is 425 g/mol. The highest BCUT2D eigenvalue weighted by Crippen LogP contribution is 2.40. The predicted molar refractivity (Wildman–Crippen MR) is 116 cm³/mol. The van der Waals surface area contributed by atoms with Crippen LogP contribution in [-0.4, -0.2) is 69.0 Å². The fraction of sp³-hybridized carbons (Fsp3) is 0.850. The first kappa shape index (κ1) is 24.4. The Morgan fingerprint density at radius 3 is 2.80 bits per heavy atom. The average molecular weight is 426 g/mol. The normalized spacial score (nSPS) is 26.6. The number of likely N-dealkylation sites (N-methyl/N-ethyl adjacent to an activating group) is 2. The highest BCUT2D eigenvalue weighted by atomic mass is 16.5. The molecule has 0 bridgehead atoms. The number of carbonyl (C=O) groups excluding carboxylic acids is 2. The van der Waals surface area contributed by atoms with Crippen molar-refractivity contribution in [2.45, 2.75) is 51.0 Å². The van der Waals surface area contributed by atoms with Crippen LogP contribution in [0, 0.1) is 17.8 Å². The van der Waals surface area contributed by atoms with E-state index in [2.05, 4.69) is 21.3 Å². The van der Waals surface area contributed by atoms with Crippen molar-refractivity contribution < 1.29 is 14.3 Å². The van der Waals surface area contributed by atoms with Crippen molar-refractivity contribution in [1.29, 1.82) is 0 Å². The van der Waals surface area contributed by atoms with Gasteiger partial charge in [0.1, 0.15) is 11.9 Å². The zero-order chi connectivity index (χ0) is 21.9. The standard InChI is InChI=1S/C20H39N7O3/c1-23-13-19(28)27(2)8-3-9-30-20(29)17-11-16-10-14(4-6-15(16)12-24-17)5-7-18(21)25-26-22/h14-17,23-24,26H,3-13,22H2,1-2H3,(H2,21,25). The van der Waals surface area contributed by atoms with E-state index in [4.69, 9.17) is 16.3 Å². The molecule has 7 N–H and O–H groups in total. The van der Waals surface area contributed by atoms with Crippen molar-refractivity contribution in [1.82, 2.24) is 21.1 Å². The van der Waals surface area contributed by atoms with Crippen molar-refractivity contribution in [3.63, 3.8) is 0 Å². The van der Waals surface area contributed by atoms with Gasteiger partial charge in [-0.15, -0.1) is 0 Å². The van der Waals surface area contributed by atoms with Crippen LogP contribution >= 0.6 is 0 Å². The summed E-state index contributed by atoms with van der Waals surface area (Å²) in [6, 6.07) is -0.235. The van der Waals surface area contributed by atoms with Crippen molar-refractivity contribution in [2.75, 3.05) is 40.3 Å². The van der Waals surface area contributed by atoms with E-state index in [1.165, 1.54) is 12.8 Å². The summed E-state index contributed by atoms with van der Waals surface area (Å²) < 4.78 is 5.48. The Labute approximate surface area is 179 Å². The van der Waals surface area contributed by atoms with Gasteiger partial charge in [-0.25, -0.2) is 11.4 Å². The number of rotatable bonds is 11. The highest BCUT2D eigenvalue weighted by molar-refractivity contribution is 5.80. The van der Waals surface area contributed by atoms with Crippen molar-refractivity contribution in [2.24, 2.45) is 34.4 Å². The Balaban J connectivity index is 1.69. The fourth-order valence-corrected chi connectivity index (χ4v) is 4.58. The van der Waals surface area contributed by atoms with Crippen molar-refractivity contribution in [3.05, 3.63) is 0 Å². The SMILES string of the molecule is CNCC(=O)N(C)CCCOC(=O)C1CC2CC(CC/C(N)=N/NN)CCC2CN1. The fourth-order valence-electron chi connectivity index (χ4n) is 4.58. The quantitative estimate of drug-likeness (QED) is 0.0744.